The second-order valence-corrected chi connectivity index (χ2v) is 7.40. The molecule has 0 fully saturated rings. The van der Waals surface area contributed by atoms with E-state index in [-0.39, 0.29) is 5.92 Å². The van der Waals surface area contributed by atoms with Crippen molar-refractivity contribution in [2.24, 2.45) is 17.8 Å². The molecule has 0 saturated heterocycles. The Labute approximate surface area is 139 Å². The molecule has 0 aliphatic heterocycles. The molecule has 2 nitrogen and oxygen atoms in total. The highest BCUT2D eigenvalue weighted by Gasteiger charge is 2.20. The first kappa shape index (κ1) is 21.5. The summed E-state index contributed by atoms with van der Waals surface area (Å²) in [5, 5.41) is 9.36. The smallest absolute Gasteiger partial charge is 0.306 e. The van der Waals surface area contributed by atoms with Crippen LogP contribution in [-0.2, 0) is 4.79 Å². The van der Waals surface area contributed by atoms with Crippen molar-refractivity contribution in [1.29, 1.82) is 0 Å². The molecule has 0 bridgehead atoms. The number of hydrogen-bond acceptors (Lipinski definition) is 1. The maximum absolute atomic E-state index is 11.4. The minimum atomic E-state index is -0.583. The van der Waals surface area contributed by atoms with E-state index < -0.39 is 5.97 Å². The van der Waals surface area contributed by atoms with E-state index >= 15 is 0 Å². The number of hydrogen-bond donors (Lipinski definition) is 1. The molecule has 0 aliphatic carbocycles. The number of carboxylic acid groups (broad SMARTS) is 1. The van der Waals surface area contributed by atoms with Crippen LogP contribution >= 0.6 is 0 Å². The van der Waals surface area contributed by atoms with Crippen molar-refractivity contribution < 1.29 is 9.90 Å². The van der Waals surface area contributed by atoms with Gasteiger partial charge in [-0.1, -0.05) is 91.9 Å². The quantitative estimate of drug-likeness (QED) is 0.342. The van der Waals surface area contributed by atoms with E-state index in [9.17, 15) is 9.90 Å². The topological polar surface area (TPSA) is 37.3 Å². The lowest BCUT2D eigenvalue weighted by Crippen LogP contribution is -2.17. The van der Waals surface area contributed by atoms with Crippen LogP contribution in [0, 0.1) is 17.8 Å². The zero-order valence-corrected chi connectivity index (χ0v) is 15.6. The molecular formula is C20H40O2. The van der Waals surface area contributed by atoms with E-state index in [1.165, 1.54) is 44.9 Å². The summed E-state index contributed by atoms with van der Waals surface area (Å²) >= 11 is 0. The fraction of sp³-hybridized carbons (Fsp3) is 0.950. The Morgan fingerprint density at radius 1 is 0.818 bits per heavy atom. The summed E-state index contributed by atoms with van der Waals surface area (Å²) in [5.74, 6) is 0.724. The van der Waals surface area contributed by atoms with Crippen molar-refractivity contribution in [2.75, 3.05) is 0 Å². The fourth-order valence-corrected chi connectivity index (χ4v) is 3.19. The summed E-state index contributed by atoms with van der Waals surface area (Å²) in [6.45, 7) is 8.93. The van der Waals surface area contributed by atoms with Crippen molar-refractivity contribution in [3.63, 3.8) is 0 Å². The highest BCUT2D eigenvalue weighted by atomic mass is 16.4. The average Bonchev–Trinajstić information content (AvgIpc) is 2.48. The fourth-order valence-electron chi connectivity index (χ4n) is 3.19. The van der Waals surface area contributed by atoms with Gasteiger partial charge < -0.3 is 5.11 Å². The van der Waals surface area contributed by atoms with Gasteiger partial charge in [-0.25, -0.2) is 0 Å². The van der Waals surface area contributed by atoms with E-state index in [2.05, 4.69) is 27.7 Å². The second-order valence-electron chi connectivity index (χ2n) is 7.40. The van der Waals surface area contributed by atoms with Gasteiger partial charge in [-0.15, -0.1) is 0 Å². The highest BCUT2D eigenvalue weighted by molar-refractivity contribution is 5.69. The molecule has 0 aromatic carbocycles. The van der Waals surface area contributed by atoms with Gasteiger partial charge in [0.1, 0.15) is 0 Å². The summed E-state index contributed by atoms with van der Waals surface area (Å²) in [4.78, 5) is 11.4. The van der Waals surface area contributed by atoms with Crippen LogP contribution in [0.25, 0.3) is 0 Å². The van der Waals surface area contributed by atoms with Gasteiger partial charge >= 0.3 is 5.97 Å². The van der Waals surface area contributed by atoms with Gasteiger partial charge in [-0.3, -0.25) is 4.79 Å². The standard InChI is InChI=1S/C20H40O2/c1-5-18(6-2)16-19(20(21)22)15-13-11-9-7-8-10-12-14-17(3)4/h17-19H,5-16H2,1-4H3,(H,21,22). The van der Waals surface area contributed by atoms with E-state index in [1.54, 1.807) is 0 Å². The normalized spacial score (nSPS) is 13.0. The first-order valence-corrected chi connectivity index (χ1v) is 9.73. The zero-order valence-electron chi connectivity index (χ0n) is 15.6. The largest absolute Gasteiger partial charge is 0.481 e. The van der Waals surface area contributed by atoms with Crippen molar-refractivity contribution in [3.05, 3.63) is 0 Å². The Morgan fingerprint density at radius 3 is 1.68 bits per heavy atom. The molecule has 0 saturated carbocycles. The van der Waals surface area contributed by atoms with Crippen LogP contribution < -0.4 is 0 Å². The molecule has 22 heavy (non-hydrogen) atoms. The average molecular weight is 313 g/mol. The van der Waals surface area contributed by atoms with Gasteiger partial charge in [0.05, 0.1) is 5.92 Å². The summed E-state index contributed by atoms with van der Waals surface area (Å²) < 4.78 is 0. The number of aliphatic carboxylic acids is 1. The van der Waals surface area contributed by atoms with E-state index in [0.29, 0.717) is 5.92 Å². The van der Waals surface area contributed by atoms with E-state index in [0.717, 1.165) is 38.0 Å². The second kappa shape index (κ2) is 14.1. The predicted octanol–water partition coefficient (Wildman–Crippen LogP) is 6.68. The van der Waals surface area contributed by atoms with Crippen LogP contribution in [0.2, 0.25) is 0 Å². The van der Waals surface area contributed by atoms with Crippen LogP contribution in [0.4, 0.5) is 0 Å². The van der Waals surface area contributed by atoms with Crippen molar-refractivity contribution in [1.82, 2.24) is 0 Å². The minimum Gasteiger partial charge on any atom is -0.481 e. The summed E-state index contributed by atoms with van der Waals surface area (Å²) in [6.07, 6.45) is 14.3. The Balaban J connectivity index is 3.62. The van der Waals surface area contributed by atoms with Gasteiger partial charge in [0.15, 0.2) is 0 Å². The van der Waals surface area contributed by atoms with Gasteiger partial charge in [-0.2, -0.15) is 0 Å². The number of carbonyl (C=O) groups is 1. The van der Waals surface area contributed by atoms with Gasteiger partial charge in [0, 0.05) is 0 Å². The Hall–Kier alpha value is -0.530. The molecular weight excluding hydrogens is 272 g/mol. The molecule has 2 heteroatoms. The summed E-state index contributed by atoms with van der Waals surface area (Å²) in [7, 11) is 0. The molecule has 1 atom stereocenters. The number of rotatable bonds is 15. The maximum Gasteiger partial charge on any atom is 0.306 e. The molecule has 132 valence electrons. The van der Waals surface area contributed by atoms with Crippen LogP contribution in [-0.4, -0.2) is 11.1 Å². The maximum atomic E-state index is 11.4. The van der Waals surface area contributed by atoms with Crippen molar-refractivity contribution >= 4 is 5.97 Å². The molecule has 0 rings (SSSR count). The van der Waals surface area contributed by atoms with E-state index in [4.69, 9.17) is 0 Å². The van der Waals surface area contributed by atoms with Gasteiger partial charge in [-0.05, 0) is 24.7 Å². The summed E-state index contributed by atoms with van der Waals surface area (Å²) in [5.41, 5.74) is 0. The molecule has 0 radical (unpaired) electrons. The third kappa shape index (κ3) is 12.1. The predicted molar refractivity (Wildman–Crippen MR) is 96.2 cm³/mol. The third-order valence-electron chi connectivity index (χ3n) is 4.96. The first-order chi connectivity index (χ1) is 10.5. The zero-order chi connectivity index (χ0) is 16.8. The van der Waals surface area contributed by atoms with Crippen LogP contribution in [0.1, 0.15) is 105 Å². The van der Waals surface area contributed by atoms with Crippen LogP contribution in [0.15, 0.2) is 0 Å². The highest BCUT2D eigenvalue weighted by Crippen LogP contribution is 2.24. The molecule has 0 aromatic rings. The lowest BCUT2D eigenvalue weighted by Gasteiger charge is -2.18. The van der Waals surface area contributed by atoms with Gasteiger partial charge in [0.2, 0.25) is 0 Å². The minimum absolute atomic E-state index is 0.115. The SMILES string of the molecule is CCC(CC)CC(CCCCCCCCCC(C)C)C(=O)O. The molecule has 0 heterocycles. The lowest BCUT2D eigenvalue weighted by atomic mass is 9.87. The number of carboxylic acids is 1. The van der Waals surface area contributed by atoms with Crippen molar-refractivity contribution in [3.8, 4) is 0 Å². The number of unbranched alkanes of at least 4 members (excludes halogenated alkanes) is 6. The van der Waals surface area contributed by atoms with Gasteiger partial charge in [0.25, 0.3) is 0 Å². The van der Waals surface area contributed by atoms with E-state index in [1.807, 2.05) is 0 Å². The van der Waals surface area contributed by atoms with Crippen LogP contribution in [0.5, 0.6) is 0 Å². The Kier molecular flexibility index (Phi) is 13.7. The summed E-state index contributed by atoms with van der Waals surface area (Å²) in [6, 6.07) is 0. The Bertz CT molecular complexity index is 256. The Morgan fingerprint density at radius 2 is 1.27 bits per heavy atom. The lowest BCUT2D eigenvalue weighted by molar-refractivity contribution is -0.142. The first-order valence-electron chi connectivity index (χ1n) is 9.73. The molecule has 1 unspecified atom stereocenters. The molecule has 0 aromatic heterocycles. The van der Waals surface area contributed by atoms with Crippen molar-refractivity contribution in [2.45, 2.75) is 105 Å². The molecule has 0 aliphatic rings. The third-order valence-corrected chi connectivity index (χ3v) is 4.96. The molecule has 0 amide bonds. The molecule has 0 spiro atoms. The monoisotopic (exact) mass is 312 g/mol. The van der Waals surface area contributed by atoms with Crippen LogP contribution in [0.3, 0.4) is 0 Å². The molecule has 1 N–H and O–H groups in total.